The van der Waals surface area contributed by atoms with Gasteiger partial charge in [0.1, 0.15) is 0 Å². The zero-order chi connectivity index (χ0) is 10.6. The Hall–Kier alpha value is -0.280. The molecule has 0 aliphatic heterocycles. The van der Waals surface area contributed by atoms with Gasteiger partial charge in [-0.25, -0.2) is 0 Å². The van der Waals surface area contributed by atoms with Gasteiger partial charge in [-0.2, -0.15) is 0 Å². The lowest BCUT2D eigenvalue weighted by Crippen LogP contribution is -2.19. The molecule has 0 saturated carbocycles. The van der Waals surface area contributed by atoms with Crippen LogP contribution < -0.4 is 5.73 Å². The van der Waals surface area contributed by atoms with Crippen LogP contribution in [0.1, 0.15) is 12.5 Å². The summed E-state index contributed by atoms with van der Waals surface area (Å²) in [5, 5.41) is 1.11. The maximum atomic E-state index is 5.85. The summed E-state index contributed by atoms with van der Waals surface area (Å²) < 4.78 is 5.45. The van der Waals surface area contributed by atoms with Gasteiger partial charge in [-0.1, -0.05) is 29.3 Å². The first-order valence-electron chi connectivity index (χ1n) is 4.39. The third-order valence-electron chi connectivity index (χ3n) is 1.85. The summed E-state index contributed by atoms with van der Waals surface area (Å²) in [7, 11) is 0. The fourth-order valence-corrected chi connectivity index (χ4v) is 1.26. The molecule has 78 valence electrons. The molecule has 1 rings (SSSR count). The van der Waals surface area contributed by atoms with Crippen molar-refractivity contribution in [3.63, 3.8) is 0 Å². The smallest absolute Gasteiger partial charge is 0.0721 e. The van der Waals surface area contributed by atoms with E-state index in [0.29, 0.717) is 23.2 Å². The monoisotopic (exact) mass is 233 g/mol. The zero-order valence-electron chi connectivity index (χ0n) is 7.97. The Kier molecular flexibility index (Phi) is 4.69. The second kappa shape index (κ2) is 5.56. The molecular weight excluding hydrogens is 221 g/mol. The standard InChI is InChI=1S/C10H13Cl2NO/c1-7(5-13)14-6-8-2-3-9(11)10(12)4-8/h2-4,7H,5-6,13H2,1H3. The molecule has 0 saturated heterocycles. The second-order valence-corrected chi connectivity index (χ2v) is 3.92. The minimum atomic E-state index is 0.0597. The highest BCUT2D eigenvalue weighted by molar-refractivity contribution is 6.41. The third-order valence-corrected chi connectivity index (χ3v) is 2.59. The molecule has 0 aliphatic rings. The van der Waals surface area contributed by atoms with Crippen LogP contribution in [0.4, 0.5) is 0 Å². The van der Waals surface area contributed by atoms with Crippen molar-refractivity contribution in [3.05, 3.63) is 33.8 Å². The maximum Gasteiger partial charge on any atom is 0.0721 e. The Balaban J connectivity index is 2.55. The predicted molar refractivity (Wildman–Crippen MR) is 59.8 cm³/mol. The SMILES string of the molecule is CC(CN)OCc1ccc(Cl)c(Cl)c1. The number of hydrogen-bond acceptors (Lipinski definition) is 2. The molecule has 14 heavy (non-hydrogen) atoms. The van der Waals surface area contributed by atoms with Gasteiger partial charge in [0.25, 0.3) is 0 Å². The van der Waals surface area contributed by atoms with E-state index in [-0.39, 0.29) is 6.10 Å². The Morgan fingerprint density at radius 2 is 2.07 bits per heavy atom. The number of ether oxygens (including phenoxy) is 1. The normalized spacial score (nSPS) is 12.9. The van der Waals surface area contributed by atoms with Crippen LogP contribution in [0.25, 0.3) is 0 Å². The van der Waals surface area contributed by atoms with E-state index in [9.17, 15) is 0 Å². The van der Waals surface area contributed by atoms with Gasteiger partial charge in [0, 0.05) is 6.54 Å². The topological polar surface area (TPSA) is 35.2 Å². The molecule has 1 aromatic carbocycles. The molecule has 0 fully saturated rings. The summed E-state index contributed by atoms with van der Waals surface area (Å²) in [4.78, 5) is 0. The van der Waals surface area contributed by atoms with Gasteiger partial charge in [-0.15, -0.1) is 0 Å². The fraction of sp³-hybridized carbons (Fsp3) is 0.400. The van der Waals surface area contributed by atoms with Crippen LogP contribution in [0.3, 0.4) is 0 Å². The maximum absolute atomic E-state index is 5.85. The summed E-state index contributed by atoms with van der Waals surface area (Å²) in [6, 6.07) is 5.44. The van der Waals surface area contributed by atoms with Crippen LogP contribution in [-0.4, -0.2) is 12.6 Å². The molecular formula is C10H13Cl2NO. The van der Waals surface area contributed by atoms with Gasteiger partial charge in [0.2, 0.25) is 0 Å². The molecule has 2 nitrogen and oxygen atoms in total. The van der Waals surface area contributed by atoms with E-state index in [2.05, 4.69) is 0 Å². The quantitative estimate of drug-likeness (QED) is 0.869. The van der Waals surface area contributed by atoms with Crippen molar-refractivity contribution < 1.29 is 4.74 Å². The summed E-state index contributed by atoms with van der Waals surface area (Å²) >= 11 is 11.6. The molecule has 0 bridgehead atoms. The fourth-order valence-electron chi connectivity index (χ4n) is 0.936. The van der Waals surface area contributed by atoms with Crippen molar-refractivity contribution in [1.29, 1.82) is 0 Å². The highest BCUT2D eigenvalue weighted by atomic mass is 35.5. The first-order chi connectivity index (χ1) is 6.63. The molecule has 0 radical (unpaired) electrons. The lowest BCUT2D eigenvalue weighted by Gasteiger charge is -2.10. The molecule has 2 N–H and O–H groups in total. The van der Waals surface area contributed by atoms with Crippen LogP contribution in [0.5, 0.6) is 0 Å². The van der Waals surface area contributed by atoms with E-state index in [1.165, 1.54) is 0 Å². The van der Waals surface area contributed by atoms with E-state index < -0.39 is 0 Å². The van der Waals surface area contributed by atoms with Gasteiger partial charge in [0.15, 0.2) is 0 Å². The summed E-state index contributed by atoms with van der Waals surface area (Å²) in [6.07, 6.45) is 0.0597. The predicted octanol–water partition coefficient (Wildman–Crippen LogP) is 2.86. The molecule has 0 heterocycles. The molecule has 1 unspecified atom stereocenters. The van der Waals surface area contributed by atoms with Crippen molar-refractivity contribution in [2.45, 2.75) is 19.6 Å². The molecule has 4 heteroatoms. The van der Waals surface area contributed by atoms with Crippen molar-refractivity contribution in [2.75, 3.05) is 6.54 Å². The molecule has 0 aromatic heterocycles. The largest absolute Gasteiger partial charge is 0.373 e. The van der Waals surface area contributed by atoms with Crippen LogP contribution in [0.2, 0.25) is 10.0 Å². The number of benzene rings is 1. The lowest BCUT2D eigenvalue weighted by molar-refractivity contribution is 0.0590. The van der Waals surface area contributed by atoms with Crippen molar-refractivity contribution >= 4 is 23.2 Å². The van der Waals surface area contributed by atoms with Crippen molar-refractivity contribution in [1.82, 2.24) is 0 Å². The minimum absolute atomic E-state index is 0.0597. The average Bonchev–Trinajstić information content (AvgIpc) is 2.19. The number of halogens is 2. The van der Waals surface area contributed by atoms with E-state index >= 15 is 0 Å². The number of hydrogen-bond donors (Lipinski definition) is 1. The van der Waals surface area contributed by atoms with Crippen LogP contribution >= 0.6 is 23.2 Å². The first-order valence-corrected chi connectivity index (χ1v) is 5.14. The van der Waals surface area contributed by atoms with Crippen LogP contribution in [-0.2, 0) is 11.3 Å². The van der Waals surface area contributed by atoms with Gasteiger partial charge in [-0.3, -0.25) is 0 Å². The second-order valence-electron chi connectivity index (χ2n) is 3.11. The van der Waals surface area contributed by atoms with E-state index in [1.807, 2.05) is 13.0 Å². The molecule has 0 aliphatic carbocycles. The van der Waals surface area contributed by atoms with Crippen LogP contribution in [0, 0.1) is 0 Å². The Labute approximate surface area is 94.0 Å². The van der Waals surface area contributed by atoms with Gasteiger partial charge in [0.05, 0.1) is 22.8 Å². The molecule has 1 atom stereocenters. The van der Waals surface area contributed by atoms with Gasteiger partial charge < -0.3 is 10.5 Å². The molecule has 0 spiro atoms. The van der Waals surface area contributed by atoms with Crippen molar-refractivity contribution in [2.24, 2.45) is 5.73 Å². The summed E-state index contributed by atoms with van der Waals surface area (Å²) in [5.41, 5.74) is 6.42. The third kappa shape index (κ3) is 3.46. The summed E-state index contributed by atoms with van der Waals surface area (Å²) in [5.74, 6) is 0. The number of nitrogens with two attached hydrogens (primary N) is 1. The molecule has 1 aromatic rings. The molecule has 0 amide bonds. The highest BCUT2D eigenvalue weighted by Crippen LogP contribution is 2.22. The van der Waals surface area contributed by atoms with E-state index in [0.717, 1.165) is 5.56 Å². The van der Waals surface area contributed by atoms with E-state index in [1.54, 1.807) is 12.1 Å². The van der Waals surface area contributed by atoms with E-state index in [4.69, 9.17) is 33.7 Å². The first kappa shape index (κ1) is 11.8. The Bertz CT molecular complexity index is 304. The minimum Gasteiger partial charge on any atom is -0.373 e. The number of rotatable bonds is 4. The van der Waals surface area contributed by atoms with Gasteiger partial charge >= 0.3 is 0 Å². The average molecular weight is 234 g/mol. The Morgan fingerprint density at radius 3 is 2.64 bits per heavy atom. The Morgan fingerprint density at radius 1 is 1.36 bits per heavy atom. The van der Waals surface area contributed by atoms with Crippen LogP contribution in [0.15, 0.2) is 18.2 Å². The highest BCUT2D eigenvalue weighted by Gasteiger charge is 2.02. The van der Waals surface area contributed by atoms with Crippen molar-refractivity contribution in [3.8, 4) is 0 Å². The van der Waals surface area contributed by atoms with Gasteiger partial charge in [-0.05, 0) is 24.6 Å². The zero-order valence-corrected chi connectivity index (χ0v) is 9.48. The summed E-state index contributed by atoms with van der Waals surface area (Å²) in [6.45, 7) is 2.95. The lowest BCUT2D eigenvalue weighted by atomic mass is 10.2.